The van der Waals surface area contributed by atoms with E-state index in [9.17, 15) is 36.4 Å². The molecule has 2 bridgehead atoms. The molecule has 1 aromatic carbocycles. The van der Waals surface area contributed by atoms with Crippen LogP contribution >= 0.6 is 0 Å². The number of amides is 4. The van der Waals surface area contributed by atoms with Crippen LogP contribution in [0.1, 0.15) is 97.6 Å². The first-order valence-corrected chi connectivity index (χ1v) is 22.3. The molecule has 15 nitrogen and oxygen atoms in total. The fourth-order valence-corrected chi connectivity index (χ4v) is 10.7. The van der Waals surface area contributed by atoms with Crippen LogP contribution in [0.25, 0.3) is 11.0 Å². The lowest BCUT2D eigenvalue weighted by Crippen LogP contribution is -2.60. The molecule has 4 saturated carbocycles. The third-order valence-corrected chi connectivity index (χ3v) is 15.7. The zero-order chi connectivity index (χ0) is 42.2. The SMILES string of the molecule is COc1ccc2nc3c(nc2c1)O[C@@H]1C[C@@H](C(=O)N[C@]2(C(=O)NS(=O)(=O)C4(C)CC4)C[C@H]2C(F)F)N(C1)C(=O)[C@H](C(C)(C)C)NC(=O)O[C@H]1[C@H](CCCCC3)C[C@H]2C[C@H]21. The monoisotopic (exact) mass is 844 g/mol. The Morgan fingerprint density at radius 2 is 1.80 bits per heavy atom. The van der Waals surface area contributed by atoms with E-state index >= 15 is 0 Å². The summed E-state index contributed by atoms with van der Waals surface area (Å²) >= 11 is 0. The van der Waals surface area contributed by atoms with E-state index in [1.165, 1.54) is 18.9 Å². The number of alkyl carbamates (subject to hydrolysis) is 1. The minimum atomic E-state index is -4.23. The van der Waals surface area contributed by atoms with Crippen molar-refractivity contribution in [2.24, 2.45) is 29.1 Å². The van der Waals surface area contributed by atoms with Gasteiger partial charge in [0.05, 0.1) is 35.4 Å². The molecule has 3 heterocycles. The van der Waals surface area contributed by atoms with Crippen molar-refractivity contribution in [3.8, 4) is 11.6 Å². The summed E-state index contributed by atoms with van der Waals surface area (Å²) < 4.78 is 73.4. The molecule has 0 spiro atoms. The Bertz CT molecular complexity index is 2150. The number of nitrogens with zero attached hydrogens (tertiary/aromatic N) is 3. The number of aromatic nitrogens is 2. The molecule has 4 aliphatic carbocycles. The quantitative estimate of drug-likeness (QED) is 0.358. The highest BCUT2D eigenvalue weighted by atomic mass is 32.2. The van der Waals surface area contributed by atoms with Crippen LogP contribution in [0, 0.1) is 29.1 Å². The number of hydrogen-bond acceptors (Lipinski definition) is 11. The van der Waals surface area contributed by atoms with Gasteiger partial charge in [0.1, 0.15) is 41.3 Å². The van der Waals surface area contributed by atoms with E-state index in [4.69, 9.17) is 24.2 Å². The number of fused-ring (bicyclic) bond motifs is 7. The van der Waals surface area contributed by atoms with Crippen molar-refractivity contribution in [1.82, 2.24) is 30.2 Å². The van der Waals surface area contributed by atoms with Gasteiger partial charge in [0, 0.05) is 12.5 Å². The first-order valence-electron chi connectivity index (χ1n) is 20.8. The number of carbonyl (C=O) groups is 4. The van der Waals surface area contributed by atoms with Crippen molar-refractivity contribution in [2.45, 2.75) is 139 Å². The fourth-order valence-electron chi connectivity index (χ4n) is 9.36. The zero-order valence-corrected chi connectivity index (χ0v) is 34.9. The Balaban J connectivity index is 1.13. The Kier molecular flexibility index (Phi) is 10.5. The van der Waals surface area contributed by atoms with E-state index in [1.807, 2.05) is 10.8 Å². The highest BCUT2D eigenvalue weighted by Gasteiger charge is 2.67. The molecular weight excluding hydrogens is 791 g/mol. The second-order valence-corrected chi connectivity index (χ2v) is 21.1. The van der Waals surface area contributed by atoms with Gasteiger partial charge >= 0.3 is 6.09 Å². The Labute approximate surface area is 342 Å². The molecule has 9 atom stereocenters. The van der Waals surface area contributed by atoms with Crippen LogP contribution in [0.2, 0.25) is 0 Å². The number of benzene rings is 1. The van der Waals surface area contributed by atoms with Crippen LogP contribution in [0.4, 0.5) is 13.6 Å². The van der Waals surface area contributed by atoms with Crippen LogP contribution in [0.3, 0.4) is 0 Å². The molecule has 1 aromatic heterocycles. The Morgan fingerprint density at radius 1 is 1.03 bits per heavy atom. The van der Waals surface area contributed by atoms with Gasteiger partial charge < -0.3 is 29.7 Å². The van der Waals surface area contributed by atoms with Gasteiger partial charge in [0.25, 0.3) is 5.91 Å². The van der Waals surface area contributed by atoms with E-state index < -0.39 is 86.5 Å². The summed E-state index contributed by atoms with van der Waals surface area (Å²) in [5, 5.41) is 5.28. The second kappa shape index (κ2) is 15.0. The van der Waals surface area contributed by atoms with Crippen molar-refractivity contribution in [3.05, 3.63) is 23.9 Å². The molecule has 5 fully saturated rings. The summed E-state index contributed by atoms with van der Waals surface area (Å²) in [5.41, 5.74) is -1.40. The molecule has 4 amide bonds. The molecule has 0 unspecified atom stereocenters. The molecule has 1 saturated heterocycles. The molecule has 322 valence electrons. The number of carbonyl (C=O) groups excluding carboxylic acids is 4. The zero-order valence-electron chi connectivity index (χ0n) is 34.1. The molecule has 3 N–H and O–H groups in total. The molecule has 2 aromatic rings. The number of alkyl halides is 2. The van der Waals surface area contributed by atoms with Crippen LogP contribution < -0.4 is 24.8 Å². The van der Waals surface area contributed by atoms with Gasteiger partial charge in [-0.2, -0.15) is 0 Å². The molecule has 6 aliphatic rings. The van der Waals surface area contributed by atoms with Gasteiger partial charge in [-0.15, -0.1) is 0 Å². The highest BCUT2D eigenvalue weighted by Crippen LogP contribution is 2.57. The third-order valence-electron chi connectivity index (χ3n) is 13.5. The summed E-state index contributed by atoms with van der Waals surface area (Å²) in [4.78, 5) is 67.5. The maximum Gasteiger partial charge on any atom is 0.408 e. The van der Waals surface area contributed by atoms with Crippen molar-refractivity contribution in [1.29, 1.82) is 0 Å². The summed E-state index contributed by atoms with van der Waals surface area (Å²) in [6.07, 6.45) is 0.997. The number of methoxy groups -OCH3 is 1. The number of sulfonamides is 1. The van der Waals surface area contributed by atoms with Crippen molar-refractivity contribution < 1.29 is 50.6 Å². The van der Waals surface area contributed by atoms with Crippen LogP contribution in [0.5, 0.6) is 11.6 Å². The van der Waals surface area contributed by atoms with Gasteiger partial charge in [0.2, 0.25) is 34.1 Å². The Hall–Kier alpha value is -4.35. The molecule has 2 aliphatic heterocycles. The number of halogens is 2. The summed E-state index contributed by atoms with van der Waals surface area (Å²) in [6.45, 7) is 6.57. The fraction of sp³-hybridized carbons (Fsp3) is 0.707. The number of rotatable bonds is 7. The maximum absolute atomic E-state index is 14.8. The van der Waals surface area contributed by atoms with Crippen molar-refractivity contribution in [3.63, 3.8) is 0 Å². The van der Waals surface area contributed by atoms with Gasteiger partial charge in [-0.05, 0) is 93.6 Å². The number of aryl methyl sites for hydroxylation is 1. The van der Waals surface area contributed by atoms with Gasteiger partial charge in [-0.1, -0.05) is 33.6 Å². The highest BCUT2D eigenvalue weighted by molar-refractivity contribution is 7.91. The Morgan fingerprint density at radius 3 is 2.47 bits per heavy atom. The second-order valence-electron chi connectivity index (χ2n) is 18.9. The first kappa shape index (κ1) is 41.4. The molecule has 8 rings (SSSR count). The predicted molar refractivity (Wildman–Crippen MR) is 209 cm³/mol. The smallest absolute Gasteiger partial charge is 0.408 e. The van der Waals surface area contributed by atoms with Crippen molar-refractivity contribution >= 4 is 44.9 Å². The maximum atomic E-state index is 14.8. The van der Waals surface area contributed by atoms with Gasteiger partial charge in [-0.3, -0.25) is 19.1 Å². The van der Waals surface area contributed by atoms with E-state index in [0.717, 1.165) is 38.5 Å². The van der Waals surface area contributed by atoms with E-state index in [2.05, 4.69) is 10.6 Å². The summed E-state index contributed by atoms with van der Waals surface area (Å²) in [5.74, 6) is -2.74. The van der Waals surface area contributed by atoms with Crippen LogP contribution in [-0.2, 0) is 35.6 Å². The normalized spacial score (nSPS) is 32.9. The van der Waals surface area contributed by atoms with E-state index in [-0.39, 0.29) is 36.8 Å². The van der Waals surface area contributed by atoms with Gasteiger partial charge in [-0.25, -0.2) is 32.0 Å². The minimum Gasteiger partial charge on any atom is -0.497 e. The number of nitrogens with one attached hydrogen (secondary N) is 3. The van der Waals surface area contributed by atoms with Crippen LogP contribution in [-0.4, -0.2) is 102 Å². The summed E-state index contributed by atoms with van der Waals surface area (Å²) in [7, 11) is -2.70. The van der Waals surface area contributed by atoms with Crippen LogP contribution in [0.15, 0.2) is 18.2 Å². The average Bonchev–Trinajstić information content (AvgIpc) is 4.13. The lowest BCUT2D eigenvalue weighted by Gasteiger charge is -2.36. The first-order chi connectivity index (χ1) is 27.8. The summed E-state index contributed by atoms with van der Waals surface area (Å²) in [6, 6.07) is 2.75. The third kappa shape index (κ3) is 8.01. The largest absolute Gasteiger partial charge is 0.497 e. The number of hydrogen-bond donors (Lipinski definition) is 3. The predicted octanol–water partition coefficient (Wildman–Crippen LogP) is 4.41. The van der Waals surface area contributed by atoms with Gasteiger partial charge in [0.15, 0.2) is 0 Å². The molecule has 59 heavy (non-hydrogen) atoms. The lowest BCUT2D eigenvalue weighted by atomic mass is 9.85. The lowest BCUT2D eigenvalue weighted by molar-refractivity contribution is -0.143. The standard InChI is InChI=1S/C41H54F2N6O9S/c1-39(2,3)32-36(51)49-20-24(18-30(49)34(50)47-41(19-26(41)33(42)43)37(52)48-59(54,55)40(4)13-14-40)57-35-28(44-27-12-11-23(56-5)17-29(27)45-35)10-8-6-7-9-21-15-22-16-25(22)31(21)58-38(53)46-32/h11-12,17,21-22,24-26,30-33H,6-10,13-16,18-20H2,1-5H3,(H,46,53)(H,47,50)(H,48,52)/t21-,22+,24-,25-,26+,30+,31+,32-,41-/m1/s1. The number of ether oxygens (including phenoxy) is 3. The topological polar surface area (TPSA) is 195 Å². The minimum absolute atomic E-state index is 0.142. The van der Waals surface area contributed by atoms with E-state index in [1.54, 1.807) is 32.9 Å². The molecule has 18 heteroatoms. The van der Waals surface area contributed by atoms with Crippen molar-refractivity contribution in [2.75, 3.05) is 13.7 Å². The average molecular weight is 845 g/mol. The van der Waals surface area contributed by atoms with E-state index in [0.29, 0.717) is 47.7 Å². The molecular formula is C41H54F2N6O9S. The molecule has 0 radical (unpaired) electrons.